The van der Waals surface area contributed by atoms with E-state index in [0.717, 1.165) is 16.0 Å². The van der Waals surface area contributed by atoms with E-state index in [1.165, 1.54) is 0 Å². The molecule has 1 fully saturated rings. The maximum Gasteiger partial charge on any atom is 0.328 e. The number of benzene rings is 2. The number of esters is 1. The van der Waals surface area contributed by atoms with Gasteiger partial charge in [0.15, 0.2) is 0 Å². The first kappa shape index (κ1) is 25.8. The van der Waals surface area contributed by atoms with E-state index in [2.05, 4.69) is 16.0 Å². The Morgan fingerprint density at radius 1 is 1.03 bits per heavy atom. The number of hydrogen-bond acceptors (Lipinski definition) is 6. The molecule has 3 N–H and O–H groups in total. The van der Waals surface area contributed by atoms with Crippen molar-refractivity contribution in [3.8, 4) is 0 Å². The van der Waals surface area contributed by atoms with Gasteiger partial charge in [0.25, 0.3) is 0 Å². The molecular weight excluding hydrogens is 450 g/mol. The SMILES string of the molecule is CCOC(=O)C(Cc1ccccc1)NC(=O)C1(NC(=O)Cc2ccc(SC)cc2)CCNCC1. The molecule has 1 aliphatic heterocycles. The van der Waals surface area contributed by atoms with Gasteiger partial charge in [-0.05, 0) is 62.4 Å². The summed E-state index contributed by atoms with van der Waals surface area (Å²) in [5.41, 5.74) is 0.717. The van der Waals surface area contributed by atoms with E-state index in [1.54, 1.807) is 18.7 Å². The van der Waals surface area contributed by atoms with E-state index in [1.807, 2.05) is 60.9 Å². The van der Waals surface area contributed by atoms with Crippen LogP contribution in [0.1, 0.15) is 30.9 Å². The zero-order chi connectivity index (χ0) is 24.4. The third kappa shape index (κ3) is 7.08. The average Bonchev–Trinajstić information content (AvgIpc) is 2.85. The highest BCUT2D eigenvalue weighted by molar-refractivity contribution is 7.98. The van der Waals surface area contributed by atoms with Crippen molar-refractivity contribution in [1.82, 2.24) is 16.0 Å². The predicted molar refractivity (Wildman–Crippen MR) is 134 cm³/mol. The summed E-state index contributed by atoms with van der Waals surface area (Å²) in [7, 11) is 0. The minimum Gasteiger partial charge on any atom is -0.464 e. The fourth-order valence-electron chi connectivity index (χ4n) is 4.08. The maximum atomic E-state index is 13.5. The molecule has 1 heterocycles. The number of hydrogen-bond donors (Lipinski definition) is 3. The lowest BCUT2D eigenvalue weighted by molar-refractivity contribution is -0.148. The lowest BCUT2D eigenvalue weighted by Crippen LogP contribution is -2.65. The van der Waals surface area contributed by atoms with Gasteiger partial charge in [-0.25, -0.2) is 4.79 Å². The number of amides is 2. The molecular formula is C26H33N3O4S. The molecule has 182 valence electrons. The average molecular weight is 484 g/mol. The minimum absolute atomic E-state index is 0.183. The Hall–Kier alpha value is -2.84. The Morgan fingerprint density at radius 2 is 1.71 bits per heavy atom. The molecule has 0 aliphatic carbocycles. The number of nitrogens with one attached hydrogen (secondary N) is 3. The van der Waals surface area contributed by atoms with Gasteiger partial charge in [-0.3, -0.25) is 9.59 Å². The molecule has 2 aromatic carbocycles. The third-order valence-corrected chi connectivity index (χ3v) is 6.70. The fourth-order valence-corrected chi connectivity index (χ4v) is 4.49. The lowest BCUT2D eigenvalue weighted by atomic mass is 9.86. The van der Waals surface area contributed by atoms with Crippen molar-refractivity contribution in [2.45, 2.75) is 49.1 Å². The molecule has 8 heteroatoms. The van der Waals surface area contributed by atoms with Crippen molar-refractivity contribution in [2.24, 2.45) is 0 Å². The van der Waals surface area contributed by atoms with Crippen LogP contribution in [0.2, 0.25) is 0 Å². The summed E-state index contributed by atoms with van der Waals surface area (Å²) in [4.78, 5) is 40.3. The van der Waals surface area contributed by atoms with Gasteiger partial charge in [0, 0.05) is 11.3 Å². The van der Waals surface area contributed by atoms with Gasteiger partial charge in [0.05, 0.1) is 13.0 Å². The Bertz CT molecular complexity index is 960. The van der Waals surface area contributed by atoms with Crippen molar-refractivity contribution in [3.63, 3.8) is 0 Å². The van der Waals surface area contributed by atoms with Crippen LogP contribution in [0.3, 0.4) is 0 Å². The van der Waals surface area contributed by atoms with Crippen molar-refractivity contribution in [3.05, 3.63) is 65.7 Å². The summed E-state index contributed by atoms with van der Waals surface area (Å²) < 4.78 is 5.22. The van der Waals surface area contributed by atoms with Gasteiger partial charge in [0.1, 0.15) is 11.6 Å². The molecule has 3 rings (SSSR count). The van der Waals surface area contributed by atoms with Crippen molar-refractivity contribution in [1.29, 1.82) is 0 Å². The molecule has 1 aliphatic rings. The summed E-state index contributed by atoms with van der Waals surface area (Å²) in [5.74, 6) is -1.05. The Labute approximate surface area is 205 Å². The molecule has 0 spiro atoms. The number of carbonyl (C=O) groups excluding carboxylic acids is 3. The summed E-state index contributed by atoms with van der Waals surface area (Å²) in [5, 5.41) is 9.13. The van der Waals surface area contributed by atoms with Gasteiger partial charge in [-0.1, -0.05) is 42.5 Å². The number of piperidine rings is 1. The quantitative estimate of drug-likeness (QED) is 0.355. The van der Waals surface area contributed by atoms with Crippen molar-refractivity contribution in [2.75, 3.05) is 26.0 Å². The molecule has 1 saturated heterocycles. The van der Waals surface area contributed by atoms with Crippen molar-refractivity contribution < 1.29 is 19.1 Å². The Balaban J connectivity index is 1.73. The summed E-state index contributed by atoms with van der Waals surface area (Å²) in [6.07, 6.45) is 3.38. The zero-order valence-electron chi connectivity index (χ0n) is 19.8. The molecule has 2 amide bonds. The van der Waals surface area contributed by atoms with Crippen LogP contribution in [0.5, 0.6) is 0 Å². The first-order valence-corrected chi connectivity index (χ1v) is 12.8. The second kappa shape index (κ2) is 12.6. The normalized spacial score (nSPS) is 15.7. The standard InChI is InChI=1S/C26H33N3O4S/c1-3-33-24(31)22(17-19-7-5-4-6-8-19)28-25(32)26(13-15-27-16-14-26)29-23(30)18-20-9-11-21(34-2)12-10-20/h4-12,22,27H,3,13-18H2,1-2H3,(H,28,32)(H,29,30). The van der Waals surface area contributed by atoms with Crippen molar-refractivity contribution >= 4 is 29.5 Å². The monoisotopic (exact) mass is 483 g/mol. The maximum absolute atomic E-state index is 13.5. The summed E-state index contributed by atoms with van der Waals surface area (Å²) in [6, 6.07) is 16.5. The van der Waals surface area contributed by atoms with Crippen LogP contribution in [0.4, 0.5) is 0 Å². The first-order chi connectivity index (χ1) is 16.5. The van der Waals surface area contributed by atoms with Crippen LogP contribution in [0, 0.1) is 0 Å². The highest BCUT2D eigenvalue weighted by Gasteiger charge is 2.42. The topological polar surface area (TPSA) is 96.5 Å². The van der Waals surface area contributed by atoms with Crippen LogP contribution in [-0.4, -0.2) is 55.3 Å². The lowest BCUT2D eigenvalue weighted by Gasteiger charge is -2.38. The van der Waals surface area contributed by atoms with Gasteiger partial charge < -0.3 is 20.7 Å². The first-order valence-electron chi connectivity index (χ1n) is 11.6. The number of carbonyl (C=O) groups is 3. The minimum atomic E-state index is -1.08. The molecule has 0 bridgehead atoms. The van der Waals surface area contributed by atoms with Gasteiger partial charge in [-0.15, -0.1) is 11.8 Å². The van der Waals surface area contributed by atoms with E-state index < -0.39 is 17.6 Å². The highest BCUT2D eigenvalue weighted by Crippen LogP contribution is 2.21. The van der Waals surface area contributed by atoms with E-state index in [-0.39, 0.29) is 24.8 Å². The predicted octanol–water partition coefficient (Wildman–Crippen LogP) is 2.48. The summed E-state index contributed by atoms with van der Waals surface area (Å²) in [6.45, 7) is 3.15. The number of rotatable bonds is 10. The molecule has 0 aromatic heterocycles. The molecule has 34 heavy (non-hydrogen) atoms. The van der Waals surface area contributed by atoms with E-state index >= 15 is 0 Å². The van der Waals surface area contributed by atoms with Crippen LogP contribution >= 0.6 is 11.8 Å². The molecule has 0 radical (unpaired) electrons. The summed E-state index contributed by atoms with van der Waals surface area (Å²) >= 11 is 1.64. The fraction of sp³-hybridized carbons (Fsp3) is 0.423. The smallest absolute Gasteiger partial charge is 0.328 e. The van der Waals surface area contributed by atoms with Crippen LogP contribution in [-0.2, 0) is 32.0 Å². The molecule has 2 aromatic rings. The Morgan fingerprint density at radius 3 is 2.32 bits per heavy atom. The third-order valence-electron chi connectivity index (χ3n) is 5.95. The van der Waals surface area contributed by atoms with Gasteiger partial charge >= 0.3 is 5.97 Å². The van der Waals surface area contributed by atoms with Gasteiger partial charge in [-0.2, -0.15) is 0 Å². The van der Waals surface area contributed by atoms with Crippen LogP contribution in [0.25, 0.3) is 0 Å². The number of ether oxygens (including phenoxy) is 1. The highest BCUT2D eigenvalue weighted by atomic mass is 32.2. The largest absolute Gasteiger partial charge is 0.464 e. The molecule has 0 saturated carbocycles. The molecule has 1 unspecified atom stereocenters. The second-order valence-electron chi connectivity index (χ2n) is 8.37. The number of thioether (sulfide) groups is 1. The van der Waals surface area contributed by atoms with Gasteiger partial charge in [0.2, 0.25) is 11.8 Å². The van der Waals surface area contributed by atoms with E-state index in [0.29, 0.717) is 32.4 Å². The zero-order valence-corrected chi connectivity index (χ0v) is 20.6. The van der Waals surface area contributed by atoms with E-state index in [9.17, 15) is 14.4 Å². The van der Waals surface area contributed by atoms with Crippen LogP contribution in [0.15, 0.2) is 59.5 Å². The second-order valence-corrected chi connectivity index (χ2v) is 9.25. The van der Waals surface area contributed by atoms with E-state index in [4.69, 9.17) is 4.74 Å². The molecule has 7 nitrogen and oxygen atoms in total. The molecule has 1 atom stereocenters. The van der Waals surface area contributed by atoms with Crippen LogP contribution < -0.4 is 16.0 Å². The Kier molecular flexibility index (Phi) is 9.53.